The molecule has 2 fully saturated rings. The van der Waals surface area contributed by atoms with Gasteiger partial charge in [0, 0.05) is 19.2 Å². The highest BCUT2D eigenvalue weighted by Crippen LogP contribution is 2.42. The molecule has 1 aliphatic heterocycles. The molecule has 6 heteroatoms. The van der Waals surface area contributed by atoms with Gasteiger partial charge >= 0.3 is 12.0 Å². The van der Waals surface area contributed by atoms with Gasteiger partial charge in [0.25, 0.3) is 0 Å². The molecule has 1 aromatic rings. The van der Waals surface area contributed by atoms with Crippen molar-refractivity contribution in [2.45, 2.75) is 50.3 Å². The van der Waals surface area contributed by atoms with Gasteiger partial charge in [0.1, 0.15) is 0 Å². The van der Waals surface area contributed by atoms with Gasteiger partial charge in [0.15, 0.2) is 0 Å². The molecule has 0 bridgehead atoms. The average molecular weight is 318 g/mol. The number of carbonyl (C=O) groups excluding carboxylic acids is 1. The van der Waals surface area contributed by atoms with Crippen LogP contribution in [0.3, 0.4) is 0 Å². The molecular weight excluding hydrogens is 296 g/mol. The number of benzene rings is 1. The third kappa shape index (κ3) is 3.82. The molecule has 23 heavy (non-hydrogen) atoms. The van der Waals surface area contributed by atoms with Gasteiger partial charge in [-0.25, -0.2) is 9.59 Å². The zero-order chi connectivity index (χ0) is 16.3. The van der Waals surface area contributed by atoms with Gasteiger partial charge in [0.05, 0.1) is 11.2 Å². The highest BCUT2D eigenvalue weighted by atomic mass is 16.5. The molecule has 3 N–H and O–H groups in total. The molecule has 124 valence electrons. The maximum Gasteiger partial charge on any atom is 0.335 e. The number of aromatic carboxylic acids is 1. The zero-order valence-electron chi connectivity index (χ0n) is 13.0. The summed E-state index contributed by atoms with van der Waals surface area (Å²) < 4.78 is 5.85. The number of urea groups is 1. The monoisotopic (exact) mass is 318 g/mol. The quantitative estimate of drug-likeness (QED) is 0.795. The Morgan fingerprint density at radius 3 is 2.61 bits per heavy atom. The topological polar surface area (TPSA) is 87.7 Å². The molecule has 1 atom stereocenters. The van der Waals surface area contributed by atoms with Crippen LogP contribution in [0.1, 0.15) is 48.0 Å². The molecule has 1 aliphatic carbocycles. The minimum Gasteiger partial charge on any atom is -0.478 e. The van der Waals surface area contributed by atoms with E-state index in [0.29, 0.717) is 13.2 Å². The molecule has 1 unspecified atom stereocenters. The molecule has 2 aliphatic rings. The second-order valence-corrected chi connectivity index (χ2v) is 6.40. The van der Waals surface area contributed by atoms with Crippen LogP contribution in [0.2, 0.25) is 0 Å². The summed E-state index contributed by atoms with van der Waals surface area (Å²) >= 11 is 0. The summed E-state index contributed by atoms with van der Waals surface area (Å²) in [4.78, 5) is 22.8. The van der Waals surface area contributed by atoms with Gasteiger partial charge in [-0.2, -0.15) is 0 Å². The standard InChI is InChI=1S/C17H22N2O4/c20-15(21)13-4-2-12(3-5-13)11-18-16(22)19-14-6-9-23-17(10-14)7-1-8-17/h2-5,14H,1,6-11H2,(H,20,21)(H2,18,19,22). The van der Waals surface area contributed by atoms with Crippen molar-refractivity contribution in [2.24, 2.45) is 0 Å². The number of hydrogen-bond acceptors (Lipinski definition) is 3. The first-order valence-electron chi connectivity index (χ1n) is 8.07. The lowest BCUT2D eigenvalue weighted by molar-refractivity contribution is -0.134. The van der Waals surface area contributed by atoms with Gasteiger partial charge < -0.3 is 20.5 Å². The van der Waals surface area contributed by atoms with Gasteiger partial charge in [-0.05, 0) is 49.8 Å². The number of rotatable bonds is 4. The van der Waals surface area contributed by atoms with Crippen molar-refractivity contribution in [3.63, 3.8) is 0 Å². The smallest absolute Gasteiger partial charge is 0.335 e. The molecule has 0 radical (unpaired) electrons. The largest absolute Gasteiger partial charge is 0.478 e. The fraction of sp³-hybridized carbons (Fsp3) is 0.529. The summed E-state index contributed by atoms with van der Waals surface area (Å²) in [5, 5.41) is 14.7. The minimum atomic E-state index is -0.952. The van der Waals surface area contributed by atoms with Gasteiger partial charge in [-0.3, -0.25) is 0 Å². The third-order valence-electron chi connectivity index (χ3n) is 4.75. The van der Waals surface area contributed by atoms with Crippen LogP contribution in [0.4, 0.5) is 4.79 Å². The maximum absolute atomic E-state index is 12.0. The molecular formula is C17H22N2O4. The van der Waals surface area contributed by atoms with Crippen LogP contribution in [0.5, 0.6) is 0 Å². The first kappa shape index (κ1) is 15.8. The summed E-state index contributed by atoms with van der Waals surface area (Å²) in [6.45, 7) is 1.09. The molecule has 3 rings (SSSR count). The highest BCUT2D eigenvalue weighted by molar-refractivity contribution is 5.87. The number of ether oxygens (including phenoxy) is 1. The van der Waals surface area contributed by atoms with Crippen molar-refractivity contribution >= 4 is 12.0 Å². The van der Waals surface area contributed by atoms with E-state index in [1.54, 1.807) is 12.1 Å². The second-order valence-electron chi connectivity index (χ2n) is 6.40. The molecule has 1 saturated heterocycles. The van der Waals surface area contributed by atoms with Crippen LogP contribution in [-0.4, -0.2) is 35.4 Å². The number of carbonyl (C=O) groups is 2. The molecule has 1 aromatic carbocycles. The van der Waals surface area contributed by atoms with E-state index in [1.165, 1.54) is 18.6 Å². The Morgan fingerprint density at radius 1 is 1.26 bits per heavy atom. The number of carboxylic acid groups (broad SMARTS) is 1. The van der Waals surface area contributed by atoms with E-state index >= 15 is 0 Å². The summed E-state index contributed by atoms with van der Waals surface area (Å²) in [5.41, 5.74) is 1.13. The molecule has 2 amide bonds. The van der Waals surface area contributed by atoms with Gasteiger partial charge in [-0.1, -0.05) is 12.1 Å². The van der Waals surface area contributed by atoms with Crippen LogP contribution in [0.15, 0.2) is 24.3 Å². The summed E-state index contributed by atoms with van der Waals surface area (Å²) in [5.74, 6) is -0.952. The van der Waals surface area contributed by atoms with E-state index in [1.807, 2.05) is 0 Å². The van der Waals surface area contributed by atoms with Crippen molar-refractivity contribution in [3.05, 3.63) is 35.4 Å². The van der Waals surface area contributed by atoms with E-state index < -0.39 is 5.97 Å². The van der Waals surface area contributed by atoms with Crippen LogP contribution in [0.25, 0.3) is 0 Å². The molecule has 1 saturated carbocycles. The zero-order valence-corrected chi connectivity index (χ0v) is 13.0. The Balaban J connectivity index is 1.45. The predicted molar refractivity (Wildman–Crippen MR) is 84.3 cm³/mol. The second kappa shape index (κ2) is 6.58. The van der Waals surface area contributed by atoms with E-state index in [9.17, 15) is 9.59 Å². The van der Waals surface area contributed by atoms with Crippen molar-refractivity contribution < 1.29 is 19.4 Å². The van der Waals surface area contributed by atoms with Crippen LogP contribution >= 0.6 is 0 Å². The maximum atomic E-state index is 12.0. The first-order valence-corrected chi connectivity index (χ1v) is 8.07. The third-order valence-corrected chi connectivity index (χ3v) is 4.75. The van der Waals surface area contributed by atoms with Crippen LogP contribution < -0.4 is 10.6 Å². The number of nitrogens with one attached hydrogen (secondary N) is 2. The fourth-order valence-corrected chi connectivity index (χ4v) is 3.25. The van der Waals surface area contributed by atoms with Crippen molar-refractivity contribution in [3.8, 4) is 0 Å². The Kier molecular flexibility index (Phi) is 4.52. The Morgan fingerprint density at radius 2 is 2.00 bits per heavy atom. The predicted octanol–water partition coefficient (Wildman–Crippen LogP) is 2.29. The minimum absolute atomic E-state index is 0.0167. The fourth-order valence-electron chi connectivity index (χ4n) is 3.25. The highest BCUT2D eigenvalue weighted by Gasteiger charge is 2.42. The Labute approximate surface area is 135 Å². The molecule has 6 nitrogen and oxygen atoms in total. The lowest BCUT2D eigenvalue weighted by atomic mass is 9.74. The van der Waals surface area contributed by atoms with Gasteiger partial charge in [0.2, 0.25) is 0 Å². The Hall–Kier alpha value is -2.08. The van der Waals surface area contributed by atoms with Crippen LogP contribution in [-0.2, 0) is 11.3 Å². The number of carboxylic acids is 1. The molecule has 0 aromatic heterocycles. The van der Waals surface area contributed by atoms with Crippen molar-refractivity contribution in [1.29, 1.82) is 0 Å². The van der Waals surface area contributed by atoms with Gasteiger partial charge in [-0.15, -0.1) is 0 Å². The SMILES string of the molecule is O=C(NCc1ccc(C(=O)O)cc1)NC1CCOC2(CCC2)C1. The van der Waals surface area contributed by atoms with Crippen molar-refractivity contribution in [2.75, 3.05) is 6.61 Å². The lowest BCUT2D eigenvalue weighted by Gasteiger charge is -2.47. The summed E-state index contributed by atoms with van der Waals surface area (Å²) in [6.07, 6.45) is 5.16. The number of amides is 2. The first-order chi connectivity index (χ1) is 11.1. The van der Waals surface area contributed by atoms with E-state index in [-0.39, 0.29) is 23.2 Å². The average Bonchev–Trinajstić information content (AvgIpc) is 2.52. The molecule has 1 heterocycles. The summed E-state index contributed by atoms with van der Waals surface area (Å²) in [6, 6.07) is 6.47. The number of hydrogen-bond donors (Lipinski definition) is 3. The normalized spacial score (nSPS) is 22.2. The van der Waals surface area contributed by atoms with E-state index in [4.69, 9.17) is 9.84 Å². The summed E-state index contributed by atoms with van der Waals surface area (Å²) in [7, 11) is 0. The molecule has 1 spiro atoms. The van der Waals surface area contributed by atoms with Crippen molar-refractivity contribution in [1.82, 2.24) is 10.6 Å². The lowest BCUT2D eigenvalue weighted by Crippen LogP contribution is -2.53. The Bertz CT molecular complexity index is 581. The van der Waals surface area contributed by atoms with Crippen LogP contribution in [0, 0.1) is 0 Å². The van der Waals surface area contributed by atoms with E-state index in [0.717, 1.165) is 31.2 Å². The van der Waals surface area contributed by atoms with E-state index in [2.05, 4.69) is 10.6 Å².